The van der Waals surface area contributed by atoms with Gasteiger partial charge in [0.15, 0.2) is 0 Å². The molecule has 4 nitrogen and oxygen atoms in total. The molecule has 0 fully saturated rings. The first-order valence-electron chi connectivity index (χ1n) is 4.32. The van der Waals surface area contributed by atoms with E-state index in [2.05, 4.69) is 4.98 Å². The Morgan fingerprint density at radius 2 is 2.50 bits per heavy atom. The quantitative estimate of drug-likeness (QED) is 0.681. The number of furan rings is 1. The molecule has 0 N–H and O–H groups in total. The van der Waals surface area contributed by atoms with Crippen LogP contribution in [0.15, 0.2) is 28.9 Å². The van der Waals surface area contributed by atoms with Crippen molar-refractivity contribution in [1.29, 1.82) is 0 Å². The lowest BCUT2D eigenvalue weighted by Gasteiger charge is -1.95. The summed E-state index contributed by atoms with van der Waals surface area (Å²) in [5.74, 6) is -0.224. The first kappa shape index (κ1) is 8.74. The van der Waals surface area contributed by atoms with Crippen LogP contribution in [0, 0.1) is 0 Å². The first-order chi connectivity index (χ1) is 6.81. The SMILES string of the molecule is CCOC(=O)c1cc2cnccc2o1. The molecule has 0 saturated carbocycles. The van der Waals surface area contributed by atoms with E-state index in [0.29, 0.717) is 12.2 Å². The second kappa shape index (κ2) is 3.49. The molecule has 0 aliphatic rings. The minimum absolute atomic E-state index is 0.217. The molecule has 0 aliphatic carbocycles. The van der Waals surface area contributed by atoms with Crippen LogP contribution >= 0.6 is 0 Å². The van der Waals surface area contributed by atoms with E-state index in [9.17, 15) is 4.79 Å². The number of rotatable bonds is 2. The van der Waals surface area contributed by atoms with Crippen molar-refractivity contribution in [3.05, 3.63) is 30.3 Å². The van der Waals surface area contributed by atoms with Crippen molar-refractivity contribution >= 4 is 16.9 Å². The van der Waals surface area contributed by atoms with Gasteiger partial charge in [0.05, 0.1) is 6.61 Å². The van der Waals surface area contributed by atoms with Gasteiger partial charge >= 0.3 is 5.97 Å². The highest BCUT2D eigenvalue weighted by atomic mass is 16.5. The molecule has 72 valence electrons. The van der Waals surface area contributed by atoms with Gasteiger partial charge in [-0.25, -0.2) is 4.79 Å². The van der Waals surface area contributed by atoms with Gasteiger partial charge in [-0.3, -0.25) is 4.98 Å². The zero-order chi connectivity index (χ0) is 9.97. The summed E-state index contributed by atoms with van der Waals surface area (Å²) >= 11 is 0. The van der Waals surface area contributed by atoms with Crippen molar-refractivity contribution in [2.45, 2.75) is 6.92 Å². The molecule has 0 aliphatic heterocycles. The first-order valence-corrected chi connectivity index (χ1v) is 4.32. The zero-order valence-electron chi connectivity index (χ0n) is 7.69. The minimum Gasteiger partial charge on any atom is -0.460 e. The normalized spacial score (nSPS) is 10.4. The summed E-state index contributed by atoms with van der Waals surface area (Å²) in [4.78, 5) is 15.2. The Morgan fingerprint density at radius 3 is 3.21 bits per heavy atom. The number of nitrogens with zero attached hydrogens (tertiary/aromatic N) is 1. The van der Waals surface area contributed by atoms with Gasteiger partial charge in [0.25, 0.3) is 0 Å². The number of aromatic nitrogens is 1. The molecule has 0 radical (unpaired) electrons. The molecule has 4 heteroatoms. The Bertz CT molecular complexity index is 428. The number of hydrogen-bond acceptors (Lipinski definition) is 4. The van der Waals surface area contributed by atoms with Gasteiger partial charge < -0.3 is 9.15 Å². The lowest BCUT2D eigenvalue weighted by Crippen LogP contribution is -2.02. The smallest absolute Gasteiger partial charge is 0.374 e. The molecule has 0 atom stereocenters. The number of fused-ring (bicyclic) bond motifs is 1. The van der Waals surface area contributed by atoms with Crippen LogP contribution in [-0.4, -0.2) is 17.6 Å². The molecular weight excluding hydrogens is 182 g/mol. The van der Waals surface area contributed by atoms with E-state index in [-0.39, 0.29) is 5.76 Å². The van der Waals surface area contributed by atoms with Crippen molar-refractivity contribution in [3.63, 3.8) is 0 Å². The van der Waals surface area contributed by atoms with Crippen molar-refractivity contribution in [2.75, 3.05) is 6.61 Å². The van der Waals surface area contributed by atoms with E-state index in [4.69, 9.17) is 9.15 Å². The molecule has 0 bridgehead atoms. The number of carbonyl (C=O) groups excluding carboxylic acids is 1. The van der Waals surface area contributed by atoms with Crippen LogP contribution in [0.4, 0.5) is 0 Å². The molecule has 2 aromatic heterocycles. The summed E-state index contributed by atoms with van der Waals surface area (Å²) in [7, 11) is 0. The van der Waals surface area contributed by atoms with E-state index in [0.717, 1.165) is 5.39 Å². The molecule has 2 aromatic rings. The highest BCUT2D eigenvalue weighted by Crippen LogP contribution is 2.18. The third kappa shape index (κ3) is 1.46. The molecule has 0 saturated heterocycles. The topological polar surface area (TPSA) is 52.3 Å². The van der Waals surface area contributed by atoms with Crippen molar-refractivity contribution in [2.24, 2.45) is 0 Å². The summed E-state index contributed by atoms with van der Waals surface area (Å²) in [5.41, 5.74) is 0.642. The molecule has 2 rings (SSSR count). The molecule has 0 unspecified atom stereocenters. The third-order valence-electron chi connectivity index (χ3n) is 1.79. The Kier molecular flexibility index (Phi) is 2.18. The Labute approximate surface area is 80.5 Å². The number of hydrogen-bond donors (Lipinski definition) is 0. The summed E-state index contributed by atoms with van der Waals surface area (Å²) in [6.07, 6.45) is 3.25. The second-order valence-electron chi connectivity index (χ2n) is 2.74. The van der Waals surface area contributed by atoms with Gasteiger partial charge in [-0.1, -0.05) is 0 Å². The number of ether oxygens (including phenoxy) is 1. The zero-order valence-corrected chi connectivity index (χ0v) is 7.69. The van der Waals surface area contributed by atoms with Crippen LogP contribution in [0.3, 0.4) is 0 Å². The standard InChI is InChI=1S/C10H9NO3/c1-2-13-10(12)9-5-7-6-11-4-3-8(7)14-9/h3-6H,2H2,1H3. The Balaban J connectivity index is 2.40. The fourth-order valence-corrected chi connectivity index (χ4v) is 1.19. The third-order valence-corrected chi connectivity index (χ3v) is 1.79. The van der Waals surface area contributed by atoms with Crippen LogP contribution in [0.1, 0.15) is 17.5 Å². The monoisotopic (exact) mass is 191 g/mol. The largest absolute Gasteiger partial charge is 0.460 e. The summed E-state index contributed by atoms with van der Waals surface area (Å²) in [5, 5.41) is 0.801. The molecule has 14 heavy (non-hydrogen) atoms. The van der Waals surface area contributed by atoms with Crippen molar-refractivity contribution in [3.8, 4) is 0 Å². The lowest BCUT2D eigenvalue weighted by atomic mass is 10.3. The van der Waals surface area contributed by atoms with Gasteiger partial charge in [0, 0.05) is 23.8 Å². The van der Waals surface area contributed by atoms with Gasteiger partial charge in [-0.15, -0.1) is 0 Å². The van der Waals surface area contributed by atoms with E-state index in [1.165, 1.54) is 0 Å². The molecule has 0 aromatic carbocycles. The van der Waals surface area contributed by atoms with E-state index in [1.807, 2.05) is 0 Å². The summed E-state index contributed by atoms with van der Waals surface area (Å²) < 4.78 is 10.1. The fraction of sp³-hybridized carbons (Fsp3) is 0.200. The predicted molar refractivity (Wildman–Crippen MR) is 50.0 cm³/mol. The van der Waals surface area contributed by atoms with Crippen molar-refractivity contribution in [1.82, 2.24) is 4.98 Å². The molecule has 2 heterocycles. The Hall–Kier alpha value is -1.84. The number of esters is 1. The average Bonchev–Trinajstić information content (AvgIpc) is 2.61. The summed E-state index contributed by atoms with van der Waals surface area (Å²) in [6, 6.07) is 3.33. The van der Waals surface area contributed by atoms with Gasteiger partial charge in [-0.05, 0) is 13.0 Å². The van der Waals surface area contributed by atoms with Crippen LogP contribution in [0.5, 0.6) is 0 Å². The average molecular weight is 191 g/mol. The maximum atomic E-state index is 11.3. The fourth-order valence-electron chi connectivity index (χ4n) is 1.19. The maximum absolute atomic E-state index is 11.3. The van der Waals surface area contributed by atoms with Crippen molar-refractivity contribution < 1.29 is 13.9 Å². The number of pyridine rings is 1. The Morgan fingerprint density at radius 1 is 1.64 bits per heavy atom. The van der Waals surface area contributed by atoms with Crippen LogP contribution in [-0.2, 0) is 4.74 Å². The minimum atomic E-state index is -0.441. The van der Waals surface area contributed by atoms with Gasteiger partial charge in [0.1, 0.15) is 5.58 Å². The van der Waals surface area contributed by atoms with E-state index >= 15 is 0 Å². The molecule has 0 spiro atoms. The van der Waals surface area contributed by atoms with Crippen LogP contribution in [0.25, 0.3) is 11.0 Å². The van der Waals surface area contributed by atoms with Crippen LogP contribution < -0.4 is 0 Å². The number of carbonyl (C=O) groups is 1. The molecular formula is C10H9NO3. The second-order valence-corrected chi connectivity index (χ2v) is 2.74. The van der Waals surface area contributed by atoms with Gasteiger partial charge in [-0.2, -0.15) is 0 Å². The van der Waals surface area contributed by atoms with Crippen LogP contribution in [0.2, 0.25) is 0 Å². The van der Waals surface area contributed by atoms with E-state index in [1.54, 1.807) is 31.5 Å². The highest BCUT2D eigenvalue weighted by molar-refractivity contribution is 5.92. The lowest BCUT2D eigenvalue weighted by molar-refractivity contribution is 0.0492. The highest BCUT2D eigenvalue weighted by Gasteiger charge is 2.12. The molecule has 0 amide bonds. The maximum Gasteiger partial charge on any atom is 0.374 e. The van der Waals surface area contributed by atoms with E-state index < -0.39 is 5.97 Å². The van der Waals surface area contributed by atoms with Gasteiger partial charge in [0.2, 0.25) is 5.76 Å². The predicted octanol–water partition coefficient (Wildman–Crippen LogP) is 2.00. The summed E-state index contributed by atoms with van der Waals surface area (Å²) in [6.45, 7) is 2.09.